The highest BCUT2D eigenvalue weighted by Gasteiger charge is 2.23. The quantitative estimate of drug-likeness (QED) is 0.711. The number of hydrogen-bond acceptors (Lipinski definition) is 3. The second-order valence-corrected chi connectivity index (χ2v) is 4.69. The predicted octanol–water partition coefficient (Wildman–Crippen LogP) is 2.26. The molecule has 0 aliphatic rings. The van der Waals surface area contributed by atoms with Gasteiger partial charge < -0.3 is 15.5 Å². The summed E-state index contributed by atoms with van der Waals surface area (Å²) in [5.41, 5.74) is 1.76. The van der Waals surface area contributed by atoms with E-state index < -0.39 is 0 Å². The lowest BCUT2D eigenvalue weighted by atomic mass is 9.93. The van der Waals surface area contributed by atoms with Gasteiger partial charge in [0.1, 0.15) is 0 Å². The van der Waals surface area contributed by atoms with E-state index >= 15 is 0 Å². The summed E-state index contributed by atoms with van der Waals surface area (Å²) in [4.78, 5) is 0. The first-order valence-electron chi connectivity index (χ1n) is 5.88. The van der Waals surface area contributed by atoms with Crippen LogP contribution in [0.2, 0.25) is 0 Å². The Morgan fingerprint density at radius 1 is 1.35 bits per heavy atom. The van der Waals surface area contributed by atoms with Crippen molar-refractivity contribution in [2.24, 2.45) is 0 Å². The van der Waals surface area contributed by atoms with Gasteiger partial charge in [-0.15, -0.1) is 0 Å². The lowest BCUT2D eigenvalue weighted by Gasteiger charge is -2.28. The van der Waals surface area contributed by atoms with Crippen LogP contribution in [0.4, 0.5) is 0 Å². The number of methoxy groups -OCH3 is 1. The van der Waals surface area contributed by atoms with E-state index in [0.717, 1.165) is 5.71 Å². The van der Waals surface area contributed by atoms with E-state index in [-0.39, 0.29) is 5.54 Å². The first-order valence-corrected chi connectivity index (χ1v) is 5.88. The van der Waals surface area contributed by atoms with Crippen LogP contribution >= 0.6 is 0 Å². The van der Waals surface area contributed by atoms with Crippen LogP contribution in [0.1, 0.15) is 18.9 Å². The Balaban J connectivity index is 2.54. The Morgan fingerprint density at radius 2 is 2.00 bits per heavy atom. The number of hydrogen-bond donors (Lipinski definition) is 2. The van der Waals surface area contributed by atoms with Crippen molar-refractivity contribution in [1.29, 1.82) is 5.41 Å². The molecule has 1 aromatic carbocycles. The van der Waals surface area contributed by atoms with E-state index in [1.165, 1.54) is 5.56 Å². The average Bonchev–Trinajstić information content (AvgIpc) is 2.30. The summed E-state index contributed by atoms with van der Waals surface area (Å²) in [6, 6.07) is 10.1. The van der Waals surface area contributed by atoms with Crippen LogP contribution in [-0.4, -0.2) is 32.0 Å². The van der Waals surface area contributed by atoms with Crippen molar-refractivity contribution in [1.82, 2.24) is 5.32 Å². The fraction of sp³-hybridized carbons (Fsp3) is 0.500. The van der Waals surface area contributed by atoms with E-state index in [4.69, 9.17) is 10.1 Å². The van der Waals surface area contributed by atoms with Gasteiger partial charge in [-0.05, 0) is 19.5 Å². The minimum Gasteiger partial charge on any atom is -0.383 e. The van der Waals surface area contributed by atoms with Crippen LogP contribution in [0.3, 0.4) is 0 Å². The van der Waals surface area contributed by atoms with Crippen molar-refractivity contribution in [2.45, 2.75) is 25.3 Å². The van der Waals surface area contributed by atoms with E-state index in [9.17, 15) is 0 Å². The van der Waals surface area contributed by atoms with Crippen LogP contribution in [0, 0.1) is 5.41 Å². The van der Waals surface area contributed by atoms with E-state index in [2.05, 4.69) is 24.4 Å². The highest BCUT2D eigenvalue weighted by molar-refractivity contribution is 5.84. The Labute approximate surface area is 104 Å². The summed E-state index contributed by atoms with van der Waals surface area (Å²) in [7, 11) is 3.60. The zero-order chi connectivity index (χ0) is 12.7. The maximum absolute atomic E-state index is 8.07. The highest BCUT2D eigenvalue weighted by atomic mass is 16.5. The number of nitrogens with one attached hydrogen (secondary N) is 2. The molecule has 0 aliphatic carbocycles. The van der Waals surface area contributed by atoms with Crippen molar-refractivity contribution >= 4 is 5.71 Å². The van der Waals surface area contributed by atoms with Crippen LogP contribution < -0.4 is 5.32 Å². The Morgan fingerprint density at radius 3 is 2.53 bits per heavy atom. The van der Waals surface area contributed by atoms with Gasteiger partial charge in [-0.2, -0.15) is 0 Å². The zero-order valence-corrected chi connectivity index (χ0v) is 10.9. The molecule has 1 rings (SSSR count). The average molecular weight is 234 g/mol. The molecule has 94 valence electrons. The first-order chi connectivity index (χ1) is 8.09. The molecule has 1 aromatic rings. The largest absolute Gasteiger partial charge is 0.383 e. The Bertz CT molecular complexity index is 350. The van der Waals surface area contributed by atoms with E-state index in [0.29, 0.717) is 19.4 Å². The molecule has 0 bridgehead atoms. The van der Waals surface area contributed by atoms with Gasteiger partial charge in [-0.1, -0.05) is 30.3 Å². The molecule has 0 fully saturated rings. The summed E-state index contributed by atoms with van der Waals surface area (Å²) in [6.45, 7) is 2.69. The third-order valence-corrected chi connectivity index (χ3v) is 2.93. The molecule has 0 saturated heterocycles. The molecule has 3 nitrogen and oxygen atoms in total. The van der Waals surface area contributed by atoms with E-state index in [1.54, 1.807) is 7.11 Å². The SMILES string of the molecule is CNC(C)(COC)CC(=N)Cc1ccccc1. The van der Waals surface area contributed by atoms with Gasteiger partial charge in [-0.3, -0.25) is 0 Å². The third kappa shape index (κ3) is 4.67. The third-order valence-electron chi connectivity index (χ3n) is 2.93. The van der Waals surface area contributed by atoms with Crippen LogP contribution in [0.15, 0.2) is 30.3 Å². The molecular weight excluding hydrogens is 212 g/mol. The predicted molar refractivity (Wildman–Crippen MR) is 71.8 cm³/mol. The van der Waals surface area contributed by atoms with Crippen LogP contribution in [0.5, 0.6) is 0 Å². The Kier molecular flexibility index (Phi) is 5.32. The molecule has 0 saturated carbocycles. The molecule has 0 heterocycles. The topological polar surface area (TPSA) is 45.1 Å². The number of ether oxygens (including phenoxy) is 1. The number of likely N-dealkylation sites (N-methyl/N-ethyl adjacent to an activating group) is 1. The molecule has 17 heavy (non-hydrogen) atoms. The normalized spacial score (nSPS) is 14.3. The summed E-state index contributed by atoms with van der Waals surface area (Å²) < 4.78 is 5.19. The van der Waals surface area contributed by atoms with Gasteiger partial charge in [0.2, 0.25) is 0 Å². The highest BCUT2D eigenvalue weighted by Crippen LogP contribution is 2.12. The monoisotopic (exact) mass is 234 g/mol. The second kappa shape index (κ2) is 6.52. The maximum atomic E-state index is 8.07. The van der Waals surface area contributed by atoms with Crippen LogP contribution in [0.25, 0.3) is 0 Å². The molecule has 2 N–H and O–H groups in total. The molecule has 0 radical (unpaired) electrons. The van der Waals surface area contributed by atoms with Gasteiger partial charge in [-0.25, -0.2) is 0 Å². The van der Waals surface area contributed by atoms with Gasteiger partial charge in [0, 0.05) is 31.2 Å². The summed E-state index contributed by atoms with van der Waals surface area (Å²) >= 11 is 0. The van der Waals surface area contributed by atoms with Crippen molar-refractivity contribution < 1.29 is 4.74 Å². The lowest BCUT2D eigenvalue weighted by molar-refractivity contribution is 0.127. The Hall–Kier alpha value is -1.19. The summed E-state index contributed by atoms with van der Waals surface area (Å²) in [5, 5.41) is 11.3. The van der Waals surface area contributed by atoms with E-state index in [1.807, 2.05) is 25.2 Å². The second-order valence-electron chi connectivity index (χ2n) is 4.69. The molecule has 3 heteroatoms. The minimum atomic E-state index is -0.152. The fourth-order valence-corrected chi connectivity index (χ4v) is 1.91. The van der Waals surface area contributed by atoms with Gasteiger partial charge in [0.15, 0.2) is 0 Å². The minimum absolute atomic E-state index is 0.152. The molecule has 0 aliphatic heterocycles. The van der Waals surface area contributed by atoms with Crippen molar-refractivity contribution in [3.8, 4) is 0 Å². The van der Waals surface area contributed by atoms with Crippen molar-refractivity contribution in [2.75, 3.05) is 20.8 Å². The zero-order valence-electron chi connectivity index (χ0n) is 10.9. The lowest BCUT2D eigenvalue weighted by Crippen LogP contribution is -2.45. The molecule has 0 aromatic heterocycles. The fourth-order valence-electron chi connectivity index (χ4n) is 1.91. The smallest absolute Gasteiger partial charge is 0.0645 e. The number of benzene rings is 1. The molecule has 0 amide bonds. The standard InChI is InChI=1S/C14H22N2O/c1-14(16-2,11-17-3)10-13(15)9-12-7-5-4-6-8-12/h4-8,15-16H,9-11H2,1-3H3. The van der Waals surface area contributed by atoms with Gasteiger partial charge >= 0.3 is 0 Å². The summed E-state index contributed by atoms with van der Waals surface area (Å²) in [5.74, 6) is 0. The molecular formula is C14H22N2O. The molecule has 1 atom stereocenters. The van der Waals surface area contributed by atoms with Crippen LogP contribution in [-0.2, 0) is 11.2 Å². The van der Waals surface area contributed by atoms with Crippen molar-refractivity contribution in [3.05, 3.63) is 35.9 Å². The maximum Gasteiger partial charge on any atom is 0.0645 e. The first kappa shape index (κ1) is 13.9. The van der Waals surface area contributed by atoms with Gasteiger partial charge in [0.05, 0.1) is 6.61 Å². The van der Waals surface area contributed by atoms with Crippen molar-refractivity contribution in [3.63, 3.8) is 0 Å². The van der Waals surface area contributed by atoms with Gasteiger partial charge in [0.25, 0.3) is 0 Å². The molecule has 1 unspecified atom stereocenters. The number of rotatable bonds is 7. The molecule has 0 spiro atoms. The summed E-state index contributed by atoms with van der Waals surface area (Å²) in [6.07, 6.45) is 1.41.